The lowest BCUT2D eigenvalue weighted by Gasteiger charge is -2.28. The highest BCUT2D eigenvalue weighted by Crippen LogP contribution is 2.11. The van der Waals surface area contributed by atoms with E-state index in [1.165, 1.54) is 4.68 Å². The van der Waals surface area contributed by atoms with Crippen molar-refractivity contribution in [1.29, 1.82) is 0 Å². The molecule has 1 aromatic heterocycles. The average Bonchev–Trinajstić information content (AvgIpc) is 3.15. The van der Waals surface area contributed by atoms with Gasteiger partial charge in [0.2, 0.25) is 5.91 Å². The summed E-state index contributed by atoms with van der Waals surface area (Å²) in [6, 6.07) is 6.94. The maximum atomic E-state index is 12.6. The molecule has 134 valence electrons. The number of hydrogen-bond acceptors (Lipinski definition) is 4. The highest BCUT2D eigenvalue weighted by Gasteiger charge is 2.25. The molecule has 1 atom stereocenters. The first-order valence-corrected chi connectivity index (χ1v) is 8.84. The Balaban J connectivity index is 1.77. The van der Waals surface area contributed by atoms with Gasteiger partial charge in [0.1, 0.15) is 0 Å². The zero-order valence-electron chi connectivity index (χ0n) is 14.5. The summed E-state index contributed by atoms with van der Waals surface area (Å²) in [5, 5.41) is 6.61. The Morgan fingerprint density at radius 1 is 1.28 bits per heavy atom. The van der Waals surface area contributed by atoms with Crippen LogP contribution >= 0.6 is 0 Å². The summed E-state index contributed by atoms with van der Waals surface area (Å²) in [6.07, 6.45) is 2.05. The van der Waals surface area contributed by atoms with E-state index in [2.05, 4.69) is 10.4 Å². The number of H-pyrrole nitrogens is 1. The van der Waals surface area contributed by atoms with Crippen molar-refractivity contribution in [3.63, 3.8) is 0 Å². The van der Waals surface area contributed by atoms with E-state index >= 15 is 0 Å². The first-order chi connectivity index (χ1) is 12.1. The number of hydrogen-bond donors (Lipinski definition) is 2. The number of carbonyl (C=O) groups excluding carboxylic acids is 1. The Labute approximate surface area is 145 Å². The van der Waals surface area contributed by atoms with Crippen LogP contribution in [0.5, 0.6) is 0 Å². The minimum atomic E-state index is -0.312. The number of fused-ring (bicyclic) bond motifs is 1. The molecule has 2 aromatic rings. The molecule has 1 aliphatic heterocycles. The van der Waals surface area contributed by atoms with Crippen LogP contribution in [0.3, 0.4) is 0 Å². The molecule has 0 spiro atoms. The van der Waals surface area contributed by atoms with Crippen LogP contribution < -0.4 is 16.4 Å². The van der Waals surface area contributed by atoms with E-state index in [9.17, 15) is 14.4 Å². The van der Waals surface area contributed by atoms with Crippen LogP contribution in [0.1, 0.15) is 26.2 Å². The highest BCUT2D eigenvalue weighted by molar-refractivity contribution is 5.80. The van der Waals surface area contributed by atoms with Gasteiger partial charge in [0.25, 0.3) is 11.1 Å². The molecule has 0 bridgehead atoms. The zero-order valence-corrected chi connectivity index (χ0v) is 14.5. The van der Waals surface area contributed by atoms with Gasteiger partial charge in [-0.15, -0.1) is 0 Å². The molecule has 1 amide bonds. The van der Waals surface area contributed by atoms with Crippen LogP contribution in [0, 0.1) is 0 Å². The second kappa shape index (κ2) is 7.65. The first-order valence-electron chi connectivity index (χ1n) is 8.84. The van der Waals surface area contributed by atoms with Crippen molar-refractivity contribution >= 4 is 16.7 Å². The van der Waals surface area contributed by atoms with E-state index in [0.717, 1.165) is 25.9 Å². The first kappa shape index (κ1) is 17.4. The third-order valence-electron chi connectivity index (χ3n) is 4.69. The van der Waals surface area contributed by atoms with Gasteiger partial charge >= 0.3 is 0 Å². The Hall–Kier alpha value is -2.41. The summed E-state index contributed by atoms with van der Waals surface area (Å²) in [4.78, 5) is 39.2. The normalized spacial score (nSPS) is 17.1. The zero-order chi connectivity index (χ0) is 17.8. The Morgan fingerprint density at radius 2 is 2.04 bits per heavy atom. The lowest BCUT2D eigenvalue weighted by atomic mass is 10.2. The molecule has 2 heterocycles. The quantitative estimate of drug-likeness (QED) is 0.807. The van der Waals surface area contributed by atoms with Crippen molar-refractivity contribution in [3.8, 4) is 0 Å². The van der Waals surface area contributed by atoms with Gasteiger partial charge in [0.05, 0.1) is 17.3 Å². The number of aromatic amines is 1. The smallest absolute Gasteiger partial charge is 0.273 e. The standard InChI is InChI=1S/C18H24N4O3/c1-2-10-21(13-7-9-19-12-13)16(23)8-11-22-18(25)15-6-4-3-5-14(15)17(24)20-22/h3-6,13,19H,2,7-12H2,1H3,(H,20,24). The fourth-order valence-electron chi connectivity index (χ4n) is 3.41. The largest absolute Gasteiger partial charge is 0.338 e. The number of aryl methyl sites for hydroxylation is 1. The third-order valence-corrected chi connectivity index (χ3v) is 4.69. The number of rotatable bonds is 6. The van der Waals surface area contributed by atoms with Crippen LogP contribution in [0.2, 0.25) is 0 Å². The van der Waals surface area contributed by atoms with E-state index in [0.29, 0.717) is 17.3 Å². The molecule has 1 saturated heterocycles. The van der Waals surface area contributed by atoms with Gasteiger partial charge in [-0.05, 0) is 31.5 Å². The highest BCUT2D eigenvalue weighted by atomic mass is 16.2. The summed E-state index contributed by atoms with van der Waals surface area (Å²) in [5.41, 5.74) is -0.583. The van der Waals surface area contributed by atoms with Crippen LogP contribution in [-0.4, -0.2) is 46.3 Å². The summed E-state index contributed by atoms with van der Waals surface area (Å²) in [6.45, 7) is 4.69. The molecule has 1 fully saturated rings. The van der Waals surface area contributed by atoms with Crippen LogP contribution in [0.25, 0.3) is 10.8 Å². The van der Waals surface area contributed by atoms with E-state index in [1.54, 1.807) is 24.3 Å². The van der Waals surface area contributed by atoms with E-state index < -0.39 is 0 Å². The molecule has 1 aromatic carbocycles. The second-order valence-corrected chi connectivity index (χ2v) is 6.43. The number of benzene rings is 1. The fourth-order valence-corrected chi connectivity index (χ4v) is 3.41. The Morgan fingerprint density at radius 3 is 2.72 bits per heavy atom. The van der Waals surface area contributed by atoms with Gasteiger partial charge in [-0.3, -0.25) is 19.5 Å². The molecule has 1 aliphatic rings. The monoisotopic (exact) mass is 344 g/mol. The number of aromatic nitrogens is 2. The Kier molecular flexibility index (Phi) is 5.33. The van der Waals surface area contributed by atoms with Crippen molar-refractivity contribution in [3.05, 3.63) is 45.0 Å². The molecule has 7 nitrogen and oxygen atoms in total. The summed E-state index contributed by atoms with van der Waals surface area (Å²) in [7, 11) is 0. The molecule has 2 N–H and O–H groups in total. The van der Waals surface area contributed by atoms with Crippen LogP contribution in [0.4, 0.5) is 0 Å². The van der Waals surface area contributed by atoms with Crippen molar-refractivity contribution in [2.45, 2.75) is 38.8 Å². The predicted molar refractivity (Wildman–Crippen MR) is 96.7 cm³/mol. The molecular formula is C18H24N4O3. The van der Waals surface area contributed by atoms with E-state index in [4.69, 9.17) is 0 Å². The SMILES string of the molecule is CCCN(C(=O)CCn1[nH]c(=O)c2ccccc2c1=O)C1CCNC1. The third kappa shape index (κ3) is 3.66. The molecule has 25 heavy (non-hydrogen) atoms. The van der Waals surface area contributed by atoms with Gasteiger partial charge in [-0.2, -0.15) is 0 Å². The molecule has 0 saturated carbocycles. The van der Waals surface area contributed by atoms with Gasteiger partial charge in [0.15, 0.2) is 0 Å². The van der Waals surface area contributed by atoms with Gasteiger partial charge in [-0.25, -0.2) is 4.68 Å². The topological polar surface area (TPSA) is 87.2 Å². The minimum Gasteiger partial charge on any atom is -0.338 e. The molecule has 3 rings (SSSR count). The van der Waals surface area contributed by atoms with Crippen molar-refractivity contribution in [1.82, 2.24) is 20.0 Å². The van der Waals surface area contributed by atoms with E-state index in [1.807, 2.05) is 11.8 Å². The van der Waals surface area contributed by atoms with Crippen LogP contribution in [-0.2, 0) is 11.3 Å². The molecule has 7 heteroatoms. The number of nitrogens with zero attached hydrogens (tertiary/aromatic N) is 2. The summed E-state index contributed by atoms with van der Waals surface area (Å²) in [5.74, 6) is 0.0245. The number of carbonyl (C=O) groups is 1. The van der Waals surface area contributed by atoms with Crippen LogP contribution in [0.15, 0.2) is 33.9 Å². The fraction of sp³-hybridized carbons (Fsp3) is 0.500. The maximum absolute atomic E-state index is 12.6. The average molecular weight is 344 g/mol. The predicted octanol–water partition coefficient (Wildman–Crippen LogP) is 0.680. The van der Waals surface area contributed by atoms with Gasteiger partial charge in [0, 0.05) is 25.6 Å². The lowest BCUT2D eigenvalue weighted by molar-refractivity contribution is -0.133. The van der Waals surface area contributed by atoms with Crippen molar-refractivity contribution in [2.24, 2.45) is 0 Å². The lowest BCUT2D eigenvalue weighted by Crippen LogP contribution is -2.43. The van der Waals surface area contributed by atoms with Gasteiger partial charge in [-0.1, -0.05) is 19.1 Å². The second-order valence-electron chi connectivity index (χ2n) is 6.43. The summed E-state index contributed by atoms with van der Waals surface area (Å²) >= 11 is 0. The number of nitrogens with one attached hydrogen (secondary N) is 2. The van der Waals surface area contributed by atoms with Crippen molar-refractivity contribution < 1.29 is 4.79 Å². The van der Waals surface area contributed by atoms with E-state index in [-0.39, 0.29) is 36.0 Å². The number of amides is 1. The molecular weight excluding hydrogens is 320 g/mol. The van der Waals surface area contributed by atoms with Crippen molar-refractivity contribution in [2.75, 3.05) is 19.6 Å². The molecule has 1 unspecified atom stereocenters. The molecule has 0 radical (unpaired) electrons. The minimum absolute atomic E-state index is 0.0245. The van der Waals surface area contributed by atoms with Gasteiger partial charge < -0.3 is 10.2 Å². The molecule has 0 aliphatic carbocycles. The Bertz CT molecular complexity index is 864. The summed E-state index contributed by atoms with van der Waals surface area (Å²) < 4.78 is 1.25. The maximum Gasteiger partial charge on any atom is 0.273 e.